The van der Waals surface area contributed by atoms with Gasteiger partial charge in [0.15, 0.2) is 0 Å². The minimum Gasteiger partial charge on any atom is -0.402 e. The fourth-order valence-corrected chi connectivity index (χ4v) is 3.40. The fraction of sp³-hybridized carbons (Fsp3) is 0.676. The van der Waals surface area contributed by atoms with Gasteiger partial charge in [-0.05, 0) is 44.7 Å². The maximum atomic E-state index is 5.97. The van der Waals surface area contributed by atoms with Crippen molar-refractivity contribution < 1.29 is 31.1 Å². The van der Waals surface area contributed by atoms with E-state index >= 15 is 0 Å². The Kier molecular flexibility index (Phi) is 37.3. The summed E-state index contributed by atoms with van der Waals surface area (Å²) in [6, 6.07) is 9.03. The zero-order chi connectivity index (χ0) is 29.9. The third-order valence-corrected chi connectivity index (χ3v) is 5.72. The maximum Gasteiger partial charge on any atom is 0.0351 e. The van der Waals surface area contributed by atoms with E-state index in [1.54, 1.807) is 6.07 Å². The number of hydrogen-bond acceptors (Lipinski definition) is 3. The van der Waals surface area contributed by atoms with Gasteiger partial charge in [0.05, 0.1) is 0 Å². The number of unbranched alkanes of at least 4 members (excludes halogenated alkanes) is 3. The third kappa shape index (κ3) is 30.3. The van der Waals surface area contributed by atoms with Crippen molar-refractivity contribution >= 4 is 17.8 Å². The largest absolute Gasteiger partial charge is 0.402 e. The molecule has 0 aliphatic carbocycles. The van der Waals surface area contributed by atoms with Crippen LogP contribution in [0, 0.1) is 49.0 Å². The summed E-state index contributed by atoms with van der Waals surface area (Å²) in [5.41, 5.74) is 8.77. The van der Waals surface area contributed by atoms with Crippen molar-refractivity contribution in [3.63, 3.8) is 0 Å². The second kappa shape index (κ2) is 32.0. The number of nitrogens with two attached hydrogens (primary N) is 1. The van der Waals surface area contributed by atoms with Gasteiger partial charge in [0.25, 0.3) is 0 Å². The Bertz CT molecular complexity index is 720. The summed E-state index contributed by atoms with van der Waals surface area (Å²) < 4.78 is 0. The van der Waals surface area contributed by atoms with Crippen molar-refractivity contribution in [2.24, 2.45) is 22.6 Å². The van der Waals surface area contributed by atoms with E-state index in [1.807, 2.05) is 51.4 Å². The molecule has 3 nitrogen and oxygen atoms in total. The van der Waals surface area contributed by atoms with Gasteiger partial charge in [0, 0.05) is 61.8 Å². The molecule has 0 aromatic heterocycles. The standard InChI is InChI=1S/C18H25ClN3.C10H22.C4H10.C2H6.U/c1-5-11-21-13-14(2)18(22(4)12-10-15(3)20)16-6-8-17(19)9-7-16;1-4-6-7-8-9-10(3)5-2;1-4(2)3;1-2;/h6,8-11,13,18H,5,12,20H2,1-4H3;10H,4-9H2,1-3H3;4H,1-3H3;1-2H3;/q-1;;;;/b14-13+,15-10+,21-11?;;;;. The molecule has 2 atom stereocenters. The molecule has 0 bridgehead atoms. The van der Waals surface area contributed by atoms with Gasteiger partial charge in [-0.2, -0.15) is 35.9 Å². The van der Waals surface area contributed by atoms with Gasteiger partial charge in [-0.15, -0.1) is 5.56 Å². The maximum absolute atomic E-state index is 5.97. The fourth-order valence-electron chi connectivity index (χ4n) is 3.28. The van der Waals surface area contributed by atoms with Crippen molar-refractivity contribution in [2.45, 2.75) is 127 Å². The molecule has 1 rings (SSSR count). The van der Waals surface area contributed by atoms with Gasteiger partial charge in [-0.1, -0.05) is 112 Å². The van der Waals surface area contributed by atoms with Crippen LogP contribution in [0.1, 0.15) is 133 Å². The molecule has 2 N–H and O–H groups in total. The Morgan fingerprint density at radius 3 is 2.08 bits per heavy atom. The smallest absolute Gasteiger partial charge is 0.0351 e. The Hall–Kier alpha value is -0.528. The van der Waals surface area contributed by atoms with Crippen LogP contribution >= 0.6 is 11.6 Å². The van der Waals surface area contributed by atoms with Crippen molar-refractivity contribution in [3.05, 3.63) is 58.4 Å². The molecular formula is C34H63ClN3U-. The van der Waals surface area contributed by atoms with Crippen LogP contribution in [0.2, 0.25) is 5.02 Å². The molecule has 39 heavy (non-hydrogen) atoms. The van der Waals surface area contributed by atoms with Gasteiger partial charge in [-0.25, -0.2) is 0 Å². The molecular weight excluding hydrogens is 724 g/mol. The van der Waals surface area contributed by atoms with E-state index in [-0.39, 0.29) is 37.2 Å². The number of aliphatic imine (C=N–C) groups is 1. The first kappa shape index (κ1) is 45.5. The Balaban J connectivity index is -0.000000301. The predicted molar refractivity (Wildman–Crippen MR) is 176 cm³/mol. The number of nitrogens with zero attached hydrogens (tertiary/aromatic N) is 2. The first-order valence-corrected chi connectivity index (χ1v) is 15.4. The molecule has 0 saturated heterocycles. The molecule has 0 spiro atoms. The monoisotopic (exact) mass is 787 g/mol. The van der Waals surface area contributed by atoms with Crippen LogP contribution in [0.15, 0.2) is 46.7 Å². The van der Waals surface area contributed by atoms with E-state index in [1.165, 1.54) is 38.5 Å². The van der Waals surface area contributed by atoms with Crippen LogP contribution in [0.25, 0.3) is 0 Å². The molecule has 0 radical (unpaired) electrons. The van der Waals surface area contributed by atoms with Crippen molar-refractivity contribution in [1.29, 1.82) is 0 Å². The van der Waals surface area contributed by atoms with Gasteiger partial charge in [0.2, 0.25) is 0 Å². The average Bonchev–Trinajstić information content (AvgIpc) is 2.88. The molecule has 1 aromatic rings. The predicted octanol–water partition coefficient (Wildman–Crippen LogP) is 11.1. The number of hydrogen-bond donors (Lipinski definition) is 1. The summed E-state index contributed by atoms with van der Waals surface area (Å²) in [4.78, 5) is 6.55. The Morgan fingerprint density at radius 1 is 1.05 bits per heavy atom. The molecule has 0 aliphatic heterocycles. The van der Waals surface area contributed by atoms with Gasteiger partial charge >= 0.3 is 0 Å². The number of likely N-dealkylation sites (N-methyl/N-ethyl adjacent to an activating group) is 1. The van der Waals surface area contributed by atoms with E-state index in [4.69, 9.17) is 17.3 Å². The average molecular weight is 787 g/mol. The third-order valence-electron chi connectivity index (χ3n) is 5.48. The summed E-state index contributed by atoms with van der Waals surface area (Å²) in [6.07, 6.45) is 15.2. The van der Waals surface area contributed by atoms with Gasteiger partial charge < -0.3 is 5.73 Å². The molecule has 5 heteroatoms. The number of rotatable bonds is 13. The molecule has 226 valence electrons. The van der Waals surface area contributed by atoms with E-state index in [0.717, 1.165) is 41.6 Å². The van der Waals surface area contributed by atoms with Crippen LogP contribution in [0.5, 0.6) is 0 Å². The minimum absolute atomic E-state index is 0. The molecule has 0 aliphatic rings. The first-order valence-electron chi connectivity index (χ1n) is 15.0. The minimum atomic E-state index is 0. The molecule has 0 heterocycles. The number of allylic oxidation sites excluding steroid dienone is 1. The van der Waals surface area contributed by atoms with E-state index in [2.05, 4.69) is 78.4 Å². The van der Waals surface area contributed by atoms with Gasteiger partial charge in [-0.3, -0.25) is 9.89 Å². The molecule has 1 aromatic carbocycles. The van der Waals surface area contributed by atoms with Crippen molar-refractivity contribution in [3.8, 4) is 0 Å². The van der Waals surface area contributed by atoms with Crippen LogP contribution in [0.4, 0.5) is 0 Å². The normalized spacial score (nSPS) is 12.9. The van der Waals surface area contributed by atoms with Crippen molar-refractivity contribution in [1.82, 2.24) is 4.90 Å². The molecule has 0 amide bonds. The summed E-state index contributed by atoms with van der Waals surface area (Å²) in [6.45, 7) is 24.2. The van der Waals surface area contributed by atoms with Crippen LogP contribution < -0.4 is 5.73 Å². The second-order valence-corrected chi connectivity index (χ2v) is 10.9. The van der Waals surface area contributed by atoms with E-state index in [9.17, 15) is 0 Å². The number of halogens is 1. The second-order valence-electron chi connectivity index (χ2n) is 10.5. The van der Waals surface area contributed by atoms with Gasteiger partial charge in [0.1, 0.15) is 0 Å². The molecule has 0 fully saturated rings. The quantitative estimate of drug-likeness (QED) is 0.123. The van der Waals surface area contributed by atoms with Crippen LogP contribution in [0.3, 0.4) is 0 Å². The van der Waals surface area contributed by atoms with Crippen LogP contribution in [-0.4, -0.2) is 24.7 Å². The van der Waals surface area contributed by atoms with E-state index < -0.39 is 0 Å². The van der Waals surface area contributed by atoms with E-state index in [0.29, 0.717) is 5.02 Å². The first-order chi connectivity index (χ1) is 18.0. The summed E-state index contributed by atoms with van der Waals surface area (Å²) in [5.74, 6) is 1.79. The SMILES string of the molecule is CC.CC(C)C.CCC=N/C=C(\C)C(c1[c-]cc(Cl)cc1)N(C)C/C=C(\C)N.CCCCCCC(C)CC.[U]. The molecule has 0 saturated carbocycles. The zero-order valence-electron chi connectivity index (χ0n) is 27.7. The topological polar surface area (TPSA) is 41.6 Å². The van der Waals surface area contributed by atoms with Crippen LogP contribution in [-0.2, 0) is 0 Å². The van der Waals surface area contributed by atoms with Crippen molar-refractivity contribution in [2.75, 3.05) is 13.6 Å². The Morgan fingerprint density at radius 2 is 1.64 bits per heavy atom. The zero-order valence-corrected chi connectivity index (χ0v) is 32.6. The Labute approximate surface area is 273 Å². The summed E-state index contributed by atoms with van der Waals surface area (Å²) >= 11 is 5.97. The molecule has 2 unspecified atom stereocenters. The summed E-state index contributed by atoms with van der Waals surface area (Å²) in [7, 11) is 2.06. The summed E-state index contributed by atoms with van der Waals surface area (Å²) in [5, 5.41) is 0.688. The number of benzene rings is 1.